The third-order valence-electron chi connectivity index (χ3n) is 4.63. The molecule has 1 aromatic carbocycles. The van der Waals surface area contributed by atoms with Gasteiger partial charge in [-0.3, -0.25) is 9.59 Å². The van der Waals surface area contributed by atoms with Crippen molar-refractivity contribution in [3.05, 3.63) is 29.3 Å². The molecule has 1 aromatic rings. The van der Waals surface area contributed by atoms with Crippen LogP contribution in [0.15, 0.2) is 24.3 Å². The highest BCUT2D eigenvalue weighted by atomic mass is 35.5. The molecular formula is C21H28ClNO6. The minimum Gasteiger partial charge on any atom is -0.427 e. The highest BCUT2D eigenvalue weighted by Crippen LogP contribution is 2.25. The quantitative estimate of drug-likeness (QED) is 0.269. The molecule has 0 bridgehead atoms. The van der Waals surface area contributed by atoms with Crippen LogP contribution >= 0.6 is 11.6 Å². The van der Waals surface area contributed by atoms with Crippen LogP contribution in [0.25, 0.3) is 0 Å². The Kier molecular flexibility index (Phi) is 9.77. The maximum atomic E-state index is 12.2. The number of benzene rings is 1. The average molecular weight is 426 g/mol. The fraction of sp³-hybridized carbons (Fsp3) is 0.571. The van der Waals surface area contributed by atoms with Crippen molar-refractivity contribution in [2.24, 2.45) is 5.92 Å². The smallest absolute Gasteiger partial charge is 0.410 e. The third-order valence-corrected chi connectivity index (χ3v) is 4.88. The lowest BCUT2D eigenvalue weighted by atomic mass is 9.89. The van der Waals surface area contributed by atoms with Crippen LogP contribution in [0.1, 0.15) is 58.3 Å². The molecule has 1 aliphatic carbocycles. The molecule has 0 aliphatic heterocycles. The molecule has 29 heavy (non-hydrogen) atoms. The third kappa shape index (κ3) is 8.73. The molecule has 0 heterocycles. The van der Waals surface area contributed by atoms with E-state index in [1.807, 2.05) is 0 Å². The Hall–Kier alpha value is -2.28. The molecule has 1 N–H and O–H groups in total. The Morgan fingerprint density at radius 1 is 1.10 bits per heavy atom. The van der Waals surface area contributed by atoms with E-state index in [1.165, 1.54) is 0 Å². The number of hydrogen-bond acceptors (Lipinski definition) is 6. The van der Waals surface area contributed by atoms with Gasteiger partial charge >= 0.3 is 18.0 Å². The molecule has 0 radical (unpaired) electrons. The van der Waals surface area contributed by atoms with Crippen molar-refractivity contribution in [3.63, 3.8) is 0 Å². The van der Waals surface area contributed by atoms with Crippen molar-refractivity contribution in [3.8, 4) is 5.75 Å². The molecular weight excluding hydrogens is 398 g/mol. The van der Waals surface area contributed by atoms with E-state index in [0.717, 1.165) is 32.1 Å². The van der Waals surface area contributed by atoms with Crippen molar-refractivity contribution >= 4 is 29.6 Å². The van der Waals surface area contributed by atoms with E-state index >= 15 is 0 Å². The van der Waals surface area contributed by atoms with Gasteiger partial charge in [0, 0.05) is 24.4 Å². The van der Waals surface area contributed by atoms with Gasteiger partial charge in [0.1, 0.15) is 5.75 Å². The molecule has 2 rings (SSSR count). The zero-order valence-corrected chi connectivity index (χ0v) is 17.4. The molecule has 160 valence electrons. The fourth-order valence-electron chi connectivity index (χ4n) is 3.02. The largest absolute Gasteiger partial charge is 0.427 e. The standard InChI is InChI=1S/C21H28ClNO6/c1-2-19(28-20(25)15-7-4-3-5-8-15)29-21(26)23-14-6-9-18(24)27-17-12-10-16(22)11-13-17/h10-13,15,19H,2-9,14H2,1H3,(H,23,26). The van der Waals surface area contributed by atoms with Crippen LogP contribution in [0.3, 0.4) is 0 Å². The van der Waals surface area contributed by atoms with Crippen LogP contribution in [0, 0.1) is 5.92 Å². The van der Waals surface area contributed by atoms with E-state index in [2.05, 4.69) is 5.32 Å². The van der Waals surface area contributed by atoms with Gasteiger partial charge in [-0.25, -0.2) is 4.79 Å². The van der Waals surface area contributed by atoms with E-state index in [-0.39, 0.29) is 24.9 Å². The van der Waals surface area contributed by atoms with Gasteiger partial charge in [0.2, 0.25) is 6.29 Å². The van der Waals surface area contributed by atoms with Gasteiger partial charge in [-0.15, -0.1) is 0 Å². The minimum atomic E-state index is -0.903. The summed E-state index contributed by atoms with van der Waals surface area (Å²) in [5.74, 6) is -0.391. The first-order valence-corrected chi connectivity index (χ1v) is 10.5. The normalized spacial score (nSPS) is 15.2. The number of hydrogen-bond donors (Lipinski definition) is 1. The van der Waals surface area contributed by atoms with Crippen LogP contribution < -0.4 is 10.1 Å². The lowest BCUT2D eigenvalue weighted by Gasteiger charge is -2.23. The predicted octanol–water partition coefficient (Wildman–Crippen LogP) is 4.61. The van der Waals surface area contributed by atoms with Crippen molar-refractivity contribution in [2.75, 3.05) is 6.54 Å². The molecule has 7 nitrogen and oxygen atoms in total. The van der Waals surface area contributed by atoms with Crippen molar-refractivity contribution in [1.29, 1.82) is 0 Å². The minimum absolute atomic E-state index is 0.101. The van der Waals surface area contributed by atoms with Crippen LogP contribution in [0.5, 0.6) is 5.75 Å². The number of halogens is 1. The van der Waals surface area contributed by atoms with Crippen LogP contribution in [-0.4, -0.2) is 30.9 Å². The second-order valence-corrected chi connectivity index (χ2v) is 7.41. The van der Waals surface area contributed by atoms with Crippen molar-refractivity contribution in [1.82, 2.24) is 5.32 Å². The number of ether oxygens (including phenoxy) is 3. The molecule has 1 saturated carbocycles. The Balaban J connectivity index is 1.61. The number of amides is 1. The maximum Gasteiger partial charge on any atom is 0.410 e. The predicted molar refractivity (Wildman–Crippen MR) is 108 cm³/mol. The molecule has 1 fully saturated rings. The number of alkyl carbamates (subject to hydrolysis) is 1. The highest BCUT2D eigenvalue weighted by Gasteiger charge is 2.26. The summed E-state index contributed by atoms with van der Waals surface area (Å²) in [5.41, 5.74) is 0. The molecule has 1 unspecified atom stereocenters. The average Bonchev–Trinajstić information content (AvgIpc) is 2.73. The summed E-state index contributed by atoms with van der Waals surface area (Å²) in [6, 6.07) is 6.48. The zero-order chi connectivity index (χ0) is 21.1. The van der Waals surface area contributed by atoms with E-state index in [9.17, 15) is 14.4 Å². The zero-order valence-electron chi connectivity index (χ0n) is 16.7. The number of esters is 2. The summed E-state index contributed by atoms with van der Waals surface area (Å²) >= 11 is 5.77. The summed E-state index contributed by atoms with van der Waals surface area (Å²) < 4.78 is 15.6. The molecule has 0 saturated heterocycles. The first-order chi connectivity index (χ1) is 14.0. The van der Waals surface area contributed by atoms with Crippen molar-refractivity contribution < 1.29 is 28.6 Å². The highest BCUT2D eigenvalue weighted by molar-refractivity contribution is 6.30. The second kappa shape index (κ2) is 12.3. The topological polar surface area (TPSA) is 90.9 Å². The maximum absolute atomic E-state index is 12.2. The van der Waals surface area contributed by atoms with Gasteiger partial charge in [0.25, 0.3) is 0 Å². The molecule has 1 atom stereocenters. The Bertz CT molecular complexity index is 672. The van der Waals surface area contributed by atoms with Gasteiger partial charge in [0.15, 0.2) is 0 Å². The number of carbonyl (C=O) groups excluding carboxylic acids is 3. The van der Waals surface area contributed by atoms with Gasteiger partial charge in [-0.05, 0) is 43.5 Å². The van der Waals surface area contributed by atoms with E-state index in [4.69, 9.17) is 25.8 Å². The van der Waals surface area contributed by atoms with Crippen LogP contribution in [0.2, 0.25) is 5.02 Å². The first kappa shape index (κ1) is 23.0. The summed E-state index contributed by atoms with van der Waals surface area (Å²) in [4.78, 5) is 35.8. The fourth-order valence-corrected chi connectivity index (χ4v) is 3.15. The second-order valence-electron chi connectivity index (χ2n) is 6.97. The number of rotatable bonds is 9. The van der Waals surface area contributed by atoms with Gasteiger partial charge in [0.05, 0.1) is 5.92 Å². The molecule has 0 aromatic heterocycles. The Morgan fingerprint density at radius 3 is 2.45 bits per heavy atom. The van der Waals surface area contributed by atoms with Gasteiger partial charge < -0.3 is 19.5 Å². The molecule has 0 spiro atoms. The number of carbonyl (C=O) groups is 3. The monoisotopic (exact) mass is 425 g/mol. The Labute approximate surface area is 176 Å². The Morgan fingerprint density at radius 2 is 1.79 bits per heavy atom. The van der Waals surface area contributed by atoms with Gasteiger partial charge in [-0.2, -0.15) is 0 Å². The summed E-state index contributed by atoms with van der Waals surface area (Å²) in [5, 5.41) is 3.11. The molecule has 8 heteroatoms. The summed E-state index contributed by atoms with van der Waals surface area (Å²) in [7, 11) is 0. The van der Waals surface area contributed by atoms with E-state index in [0.29, 0.717) is 23.6 Å². The van der Waals surface area contributed by atoms with Crippen LogP contribution in [0.4, 0.5) is 4.79 Å². The van der Waals surface area contributed by atoms with Crippen LogP contribution in [-0.2, 0) is 19.1 Å². The summed E-state index contributed by atoms with van der Waals surface area (Å²) in [6.45, 7) is 2.01. The lowest BCUT2D eigenvalue weighted by molar-refractivity contribution is -0.174. The van der Waals surface area contributed by atoms with E-state index < -0.39 is 18.4 Å². The lowest BCUT2D eigenvalue weighted by Crippen LogP contribution is -2.33. The SMILES string of the molecule is CCC(OC(=O)NCCCC(=O)Oc1ccc(Cl)cc1)OC(=O)C1CCCCC1. The molecule has 1 aliphatic rings. The first-order valence-electron chi connectivity index (χ1n) is 10.1. The number of nitrogens with one attached hydrogen (secondary N) is 1. The molecule has 1 amide bonds. The van der Waals surface area contributed by atoms with E-state index in [1.54, 1.807) is 31.2 Å². The summed E-state index contributed by atoms with van der Waals surface area (Å²) in [6.07, 6.45) is 4.17. The van der Waals surface area contributed by atoms with Crippen molar-refractivity contribution in [2.45, 2.75) is 64.6 Å². The van der Waals surface area contributed by atoms with Gasteiger partial charge in [-0.1, -0.05) is 37.8 Å².